The molecule has 4 aliphatic carbocycles. The van der Waals surface area contributed by atoms with E-state index in [0.717, 1.165) is 17.8 Å². The fraction of sp³-hybridized carbons (Fsp3) is 0.714. The van der Waals surface area contributed by atoms with Crippen LogP contribution in [0.2, 0.25) is 0 Å². The monoisotopic (exact) mass is 327 g/mol. The number of nitrogens with zero attached hydrogens (tertiary/aromatic N) is 1. The van der Waals surface area contributed by atoms with Gasteiger partial charge in [-0.15, -0.1) is 0 Å². The van der Waals surface area contributed by atoms with Crippen LogP contribution < -0.4 is 5.30 Å². The molecule has 1 unspecified atom stereocenters. The summed E-state index contributed by atoms with van der Waals surface area (Å²) in [6.45, 7) is 2.73. The van der Waals surface area contributed by atoms with Crippen molar-refractivity contribution in [3.8, 4) is 0 Å². The molecule has 0 amide bonds. The Morgan fingerprint density at radius 3 is 1.91 bits per heavy atom. The molecule has 5 aliphatic rings. The van der Waals surface area contributed by atoms with Crippen LogP contribution in [-0.4, -0.2) is 22.9 Å². The second kappa shape index (κ2) is 5.85. The summed E-state index contributed by atoms with van der Waals surface area (Å²) in [5, 5.41) is 2.36. The summed E-state index contributed by atoms with van der Waals surface area (Å²) < 4.78 is 2.96. The zero-order chi connectivity index (χ0) is 15.3. The number of rotatable bonds is 3. The van der Waals surface area contributed by atoms with E-state index in [1.807, 2.05) is 0 Å². The molecule has 2 heteroatoms. The third-order valence-corrected chi connectivity index (χ3v) is 10.3. The summed E-state index contributed by atoms with van der Waals surface area (Å²) in [5.74, 6) is 3.21. The maximum absolute atomic E-state index is 2.96. The number of hydrogen-bond acceptors (Lipinski definition) is 1. The van der Waals surface area contributed by atoms with Gasteiger partial charge in [0.25, 0.3) is 0 Å². The van der Waals surface area contributed by atoms with Crippen molar-refractivity contribution in [2.75, 3.05) is 13.1 Å². The minimum atomic E-state index is -0.115. The molecule has 124 valence electrons. The lowest BCUT2D eigenvalue weighted by atomic mass is 9.56. The van der Waals surface area contributed by atoms with Crippen molar-refractivity contribution in [1.82, 2.24) is 4.67 Å². The van der Waals surface area contributed by atoms with Gasteiger partial charge in [0.05, 0.1) is 0 Å². The third-order valence-electron chi connectivity index (χ3n) is 7.07. The van der Waals surface area contributed by atoms with E-state index in [9.17, 15) is 0 Å². The number of hydrogen-bond donors (Lipinski definition) is 0. The van der Waals surface area contributed by atoms with Crippen LogP contribution in [0.25, 0.3) is 0 Å². The second-order valence-corrected chi connectivity index (χ2v) is 11.5. The first-order valence-corrected chi connectivity index (χ1v) is 11.2. The van der Waals surface area contributed by atoms with E-state index in [1.54, 1.807) is 43.8 Å². The maximum Gasteiger partial charge on any atom is 0.00867 e. The quantitative estimate of drug-likeness (QED) is 0.693. The lowest BCUT2D eigenvalue weighted by Gasteiger charge is -2.61. The Hall–Kier alpha value is -0.390. The largest absolute Gasteiger partial charge is 0.278 e. The Balaban J connectivity index is 1.54. The normalized spacial score (nSPS) is 41.1. The fourth-order valence-corrected chi connectivity index (χ4v) is 10.6. The molecule has 1 atom stereocenters. The van der Waals surface area contributed by atoms with Gasteiger partial charge < -0.3 is 0 Å². The van der Waals surface area contributed by atoms with Crippen molar-refractivity contribution in [3.05, 3.63) is 30.3 Å². The van der Waals surface area contributed by atoms with Gasteiger partial charge >= 0.3 is 0 Å². The van der Waals surface area contributed by atoms with Crippen molar-refractivity contribution in [2.24, 2.45) is 17.8 Å². The predicted molar refractivity (Wildman–Crippen MR) is 99.3 cm³/mol. The molecule has 23 heavy (non-hydrogen) atoms. The van der Waals surface area contributed by atoms with Crippen LogP contribution in [0, 0.1) is 17.8 Å². The minimum absolute atomic E-state index is 0.115. The average molecular weight is 327 g/mol. The van der Waals surface area contributed by atoms with E-state index in [4.69, 9.17) is 0 Å². The van der Waals surface area contributed by atoms with Crippen molar-refractivity contribution in [1.29, 1.82) is 0 Å². The Morgan fingerprint density at radius 2 is 1.35 bits per heavy atom. The Kier molecular flexibility index (Phi) is 3.79. The molecular formula is C21H30NP. The lowest BCUT2D eigenvalue weighted by Crippen LogP contribution is -2.53. The number of piperidine rings is 1. The van der Waals surface area contributed by atoms with Gasteiger partial charge in [-0.2, -0.15) is 0 Å². The van der Waals surface area contributed by atoms with Gasteiger partial charge in [0.15, 0.2) is 0 Å². The lowest BCUT2D eigenvalue weighted by molar-refractivity contribution is 0.0336. The first-order valence-electron chi connectivity index (χ1n) is 9.93. The second-order valence-electron chi connectivity index (χ2n) is 8.80. The Morgan fingerprint density at radius 1 is 0.783 bits per heavy atom. The highest BCUT2D eigenvalue weighted by molar-refractivity contribution is 7.64. The summed E-state index contributed by atoms with van der Waals surface area (Å²) >= 11 is 0. The van der Waals surface area contributed by atoms with Crippen LogP contribution in [0.15, 0.2) is 30.3 Å². The standard InChI is InChI=1S/C21H30NP/c1-3-7-20(8-4-1)23(22-9-5-2-6-10-22)21-14-17-11-18(15-21)13-19(12-17)16-21/h1,3-4,7-8,17-19H,2,5-6,9-16H2. The molecule has 4 bridgehead atoms. The first kappa shape index (κ1) is 14.9. The van der Waals surface area contributed by atoms with Crippen LogP contribution in [0.5, 0.6) is 0 Å². The summed E-state index contributed by atoms with van der Waals surface area (Å²) in [6.07, 6.45) is 13.7. The summed E-state index contributed by atoms with van der Waals surface area (Å²) in [6, 6.07) is 11.7. The first-order chi connectivity index (χ1) is 11.3. The van der Waals surface area contributed by atoms with Gasteiger partial charge in [0.1, 0.15) is 0 Å². The SMILES string of the molecule is c1ccc(P(N2CCCCC2)C23CC4CC(CC(C4)C2)C3)cc1. The van der Waals surface area contributed by atoms with Crippen molar-refractivity contribution < 1.29 is 0 Å². The summed E-state index contributed by atoms with van der Waals surface area (Å²) in [4.78, 5) is 0. The zero-order valence-electron chi connectivity index (χ0n) is 14.3. The highest BCUT2D eigenvalue weighted by Gasteiger charge is 2.55. The molecule has 0 spiro atoms. The van der Waals surface area contributed by atoms with Crippen LogP contribution in [0.3, 0.4) is 0 Å². The van der Waals surface area contributed by atoms with Gasteiger partial charge in [-0.3, -0.25) is 4.67 Å². The topological polar surface area (TPSA) is 3.24 Å². The maximum atomic E-state index is 2.96. The van der Waals surface area contributed by atoms with Crippen LogP contribution in [0.1, 0.15) is 57.8 Å². The summed E-state index contributed by atoms with van der Waals surface area (Å²) in [7, 11) is -0.115. The van der Waals surface area contributed by atoms with E-state index < -0.39 is 0 Å². The predicted octanol–water partition coefficient (Wildman–Crippen LogP) is 5.16. The molecule has 0 aromatic heterocycles. The Bertz CT molecular complexity index is 513. The molecule has 0 radical (unpaired) electrons. The fourth-order valence-electron chi connectivity index (χ4n) is 6.71. The van der Waals surface area contributed by atoms with E-state index >= 15 is 0 Å². The van der Waals surface area contributed by atoms with Crippen molar-refractivity contribution >= 4 is 13.4 Å². The van der Waals surface area contributed by atoms with Gasteiger partial charge in [0.2, 0.25) is 0 Å². The highest BCUT2D eigenvalue weighted by Crippen LogP contribution is 2.69. The van der Waals surface area contributed by atoms with E-state index in [-0.39, 0.29) is 8.07 Å². The molecule has 1 heterocycles. The molecule has 1 nitrogen and oxygen atoms in total. The van der Waals surface area contributed by atoms with Gasteiger partial charge in [-0.05, 0) is 74.4 Å². The Labute approximate surface area is 142 Å². The smallest absolute Gasteiger partial charge is 0.00867 e. The average Bonchev–Trinajstić information content (AvgIpc) is 2.55. The summed E-state index contributed by atoms with van der Waals surface area (Å²) in [5.41, 5.74) is 0. The zero-order valence-corrected chi connectivity index (χ0v) is 15.2. The molecular weight excluding hydrogens is 297 g/mol. The molecule has 1 saturated heterocycles. The van der Waals surface area contributed by atoms with Crippen molar-refractivity contribution in [3.63, 3.8) is 0 Å². The minimum Gasteiger partial charge on any atom is -0.278 e. The van der Waals surface area contributed by atoms with Gasteiger partial charge in [0, 0.05) is 26.3 Å². The third kappa shape index (κ3) is 2.59. The van der Waals surface area contributed by atoms with Gasteiger partial charge in [-0.1, -0.05) is 36.8 Å². The van der Waals surface area contributed by atoms with Crippen LogP contribution >= 0.6 is 8.07 Å². The molecule has 1 aromatic carbocycles. The molecule has 1 aliphatic heterocycles. The molecule has 5 fully saturated rings. The molecule has 1 aromatic rings. The number of benzene rings is 1. The van der Waals surface area contributed by atoms with E-state index in [0.29, 0.717) is 5.16 Å². The highest BCUT2D eigenvalue weighted by atomic mass is 31.1. The van der Waals surface area contributed by atoms with Crippen molar-refractivity contribution in [2.45, 2.75) is 62.9 Å². The van der Waals surface area contributed by atoms with E-state index in [1.165, 1.54) is 32.4 Å². The molecule has 4 saturated carbocycles. The van der Waals surface area contributed by atoms with Crippen LogP contribution in [-0.2, 0) is 0 Å². The van der Waals surface area contributed by atoms with E-state index in [2.05, 4.69) is 35.0 Å². The van der Waals surface area contributed by atoms with Gasteiger partial charge in [-0.25, -0.2) is 0 Å². The van der Waals surface area contributed by atoms with Crippen LogP contribution in [0.4, 0.5) is 0 Å². The molecule has 6 rings (SSSR count). The molecule has 0 N–H and O–H groups in total.